The zero-order valence-corrected chi connectivity index (χ0v) is 23.6. The fraction of sp³-hybridized carbons (Fsp3) is 0.429. The molecule has 40 heavy (non-hydrogen) atoms. The maximum absolute atomic E-state index is 13.5. The summed E-state index contributed by atoms with van der Waals surface area (Å²) < 4.78 is 15.1. The molecular formula is C28H34N8O3S. The number of H-pyrrole nitrogens is 1. The van der Waals surface area contributed by atoms with Crippen LogP contribution < -0.4 is 16.2 Å². The maximum Gasteiger partial charge on any atom is 0.281 e. The number of aromatic amines is 1. The van der Waals surface area contributed by atoms with E-state index in [2.05, 4.69) is 25.1 Å². The molecule has 2 saturated heterocycles. The molecule has 4 heterocycles. The molecule has 0 saturated carbocycles. The van der Waals surface area contributed by atoms with Crippen molar-refractivity contribution in [2.24, 2.45) is 5.73 Å². The number of piperazine rings is 1. The van der Waals surface area contributed by atoms with Crippen LogP contribution in [0.1, 0.15) is 24.0 Å². The minimum absolute atomic E-state index is 0.175. The number of nitrogens with one attached hydrogen (secondary N) is 1. The van der Waals surface area contributed by atoms with E-state index < -0.39 is 10.8 Å². The van der Waals surface area contributed by atoms with E-state index in [4.69, 9.17) is 5.73 Å². The molecular weight excluding hydrogens is 528 g/mol. The lowest BCUT2D eigenvalue weighted by molar-refractivity contribution is -0.133. The van der Waals surface area contributed by atoms with E-state index in [1.807, 2.05) is 49.1 Å². The molecule has 1 amide bonds. The van der Waals surface area contributed by atoms with E-state index in [1.165, 1.54) is 0 Å². The second kappa shape index (κ2) is 10.8. The maximum atomic E-state index is 13.5. The summed E-state index contributed by atoms with van der Waals surface area (Å²) in [5, 5.41) is 7.93. The standard InChI is InChI=1S/C28H34N8O3S/c1-18-3-6-24(19(2)15-18)40(39)28-26-30-27(38)22-5-4-21(16-23(22)36(26)32-31-28)34-13-11-33(12-14-34)17-25(37)35-9-7-20(29)8-10-35/h3-6,15-16,20,32H,7-14,17,29H2,1-2H3. The molecule has 12 heteroatoms. The highest BCUT2D eigenvalue weighted by molar-refractivity contribution is 7.85. The number of aryl methyl sites for hydroxylation is 2. The Morgan fingerprint density at radius 2 is 1.80 bits per heavy atom. The highest BCUT2D eigenvalue weighted by Gasteiger charge is 2.25. The lowest BCUT2D eigenvalue weighted by atomic mass is 10.1. The Bertz CT molecular complexity index is 1670. The van der Waals surface area contributed by atoms with Gasteiger partial charge in [-0.1, -0.05) is 17.7 Å². The van der Waals surface area contributed by atoms with E-state index in [0.717, 1.165) is 68.9 Å². The molecule has 11 nitrogen and oxygen atoms in total. The molecule has 0 spiro atoms. The van der Waals surface area contributed by atoms with Gasteiger partial charge in [-0.15, -0.1) is 5.10 Å². The average molecular weight is 563 g/mol. The quantitative estimate of drug-likeness (QED) is 0.373. The Hall–Kier alpha value is -3.61. The number of fused-ring (bicyclic) bond motifs is 3. The lowest BCUT2D eigenvalue weighted by Crippen LogP contribution is -2.51. The minimum atomic E-state index is -1.60. The molecule has 6 rings (SSSR count). The van der Waals surface area contributed by atoms with Crippen LogP contribution in [0.3, 0.4) is 0 Å². The summed E-state index contributed by atoms with van der Waals surface area (Å²) in [5.41, 5.74) is 9.42. The van der Waals surface area contributed by atoms with E-state index in [9.17, 15) is 13.8 Å². The van der Waals surface area contributed by atoms with Gasteiger partial charge in [0.1, 0.15) is 10.8 Å². The number of hydrogen-bond acceptors (Lipinski definition) is 8. The van der Waals surface area contributed by atoms with Crippen molar-refractivity contribution in [1.82, 2.24) is 29.6 Å². The molecule has 2 aliphatic heterocycles. The highest BCUT2D eigenvalue weighted by Crippen LogP contribution is 2.25. The number of piperidine rings is 1. The number of likely N-dealkylation sites (tertiary alicyclic amines) is 1. The van der Waals surface area contributed by atoms with Crippen molar-refractivity contribution in [3.05, 3.63) is 57.9 Å². The fourth-order valence-corrected chi connectivity index (χ4v) is 6.81. The van der Waals surface area contributed by atoms with E-state index >= 15 is 0 Å². The van der Waals surface area contributed by atoms with Crippen molar-refractivity contribution in [3.63, 3.8) is 0 Å². The summed E-state index contributed by atoms with van der Waals surface area (Å²) in [7, 11) is -1.60. The van der Waals surface area contributed by atoms with Crippen LogP contribution in [-0.2, 0) is 15.6 Å². The third-order valence-electron chi connectivity index (χ3n) is 8.01. The molecule has 0 aliphatic carbocycles. The van der Waals surface area contributed by atoms with Crippen LogP contribution in [0, 0.1) is 13.8 Å². The lowest BCUT2D eigenvalue weighted by Gasteiger charge is -2.37. The van der Waals surface area contributed by atoms with Crippen LogP contribution in [0.25, 0.3) is 16.6 Å². The third kappa shape index (κ3) is 5.02. The summed E-state index contributed by atoms with van der Waals surface area (Å²) in [6.45, 7) is 8.88. The SMILES string of the molecule is Cc1ccc(S(=O)c2n[nH]n3c2nc(=O)c2ccc(N4CCN(CC(=O)N5CCC(N)CC5)CC4)cc23)c(C)c1. The fourth-order valence-electron chi connectivity index (χ4n) is 5.63. The number of benzene rings is 2. The van der Waals surface area contributed by atoms with Crippen LogP contribution in [0.2, 0.25) is 0 Å². The van der Waals surface area contributed by atoms with E-state index in [1.54, 1.807) is 10.6 Å². The smallest absolute Gasteiger partial charge is 0.281 e. The van der Waals surface area contributed by atoms with Crippen molar-refractivity contribution in [2.45, 2.75) is 42.7 Å². The van der Waals surface area contributed by atoms with Crippen LogP contribution in [0.4, 0.5) is 5.69 Å². The number of nitrogens with two attached hydrogens (primary N) is 1. The Kier molecular flexibility index (Phi) is 7.15. The van der Waals surface area contributed by atoms with Crippen molar-refractivity contribution >= 4 is 38.9 Å². The average Bonchev–Trinajstić information content (AvgIpc) is 3.37. The second-order valence-electron chi connectivity index (χ2n) is 10.8. The van der Waals surface area contributed by atoms with Gasteiger partial charge in [-0.25, -0.2) is 13.9 Å². The largest absolute Gasteiger partial charge is 0.369 e. The second-order valence-corrected chi connectivity index (χ2v) is 12.2. The topological polar surface area (TPSA) is 133 Å². The van der Waals surface area contributed by atoms with Gasteiger partial charge in [-0.05, 0) is 56.5 Å². The van der Waals surface area contributed by atoms with Gasteiger partial charge in [0, 0.05) is 55.9 Å². The van der Waals surface area contributed by atoms with Crippen LogP contribution >= 0.6 is 0 Å². The summed E-state index contributed by atoms with van der Waals surface area (Å²) >= 11 is 0. The Morgan fingerprint density at radius 3 is 2.52 bits per heavy atom. The number of hydrogen-bond donors (Lipinski definition) is 2. The van der Waals surface area contributed by atoms with Gasteiger partial charge < -0.3 is 15.5 Å². The molecule has 2 aliphatic rings. The number of carbonyl (C=O) groups excluding carboxylic acids is 1. The van der Waals surface area contributed by atoms with Gasteiger partial charge in [0.2, 0.25) is 5.91 Å². The summed E-state index contributed by atoms with van der Waals surface area (Å²) in [5.74, 6) is 0.175. The molecule has 4 aromatic rings. The molecule has 3 N–H and O–H groups in total. The summed E-state index contributed by atoms with van der Waals surface area (Å²) in [4.78, 5) is 37.0. The number of aromatic nitrogens is 4. The first-order valence-electron chi connectivity index (χ1n) is 13.7. The predicted octanol–water partition coefficient (Wildman–Crippen LogP) is 1.43. The molecule has 1 atom stereocenters. The number of carbonyl (C=O) groups is 1. The van der Waals surface area contributed by atoms with Crippen LogP contribution in [0.15, 0.2) is 51.1 Å². The third-order valence-corrected chi connectivity index (χ3v) is 9.49. The molecule has 210 valence electrons. The highest BCUT2D eigenvalue weighted by atomic mass is 32.2. The monoisotopic (exact) mass is 562 g/mol. The molecule has 2 aromatic carbocycles. The number of anilines is 1. The molecule has 1 unspecified atom stereocenters. The number of nitrogens with zero attached hydrogens (tertiary/aromatic N) is 6. The van der Waals surface area contributed by atoms with Gasteiger partial charge >= 0.3 is 0 Å². The molecule has 2 aromatic heterocycles. The summed E-state index contributed by atoms with van der Waals surface area (Å²) in [6, 6.07) is 11.6. The zero-order valence-electron chi connectivity index (χ0n) is 22.8. The van der Waals surface area contributed by atoms with Gasteiger partial charge in [0.15, 0.2) is 10.7 Å². The number of amides is 1. The first-order chi connectivity index (χ1) is 19.3. The molecule has 0 bridgehead atoms. The van der Waals surface area contributed by atoms with Crippen LogP contribution in [-0.4, -0.2) is 91.6 Å². The Balaban J connectivity index is 1.21. The normalized spacial score (nSPS) is 18.1. The summed E-state index contributed by atoms with van der Waals surface area (Å²) in [6.07, 6.45) is 1.74. The van der Waals surface area contributed by atoms with Gasteiger partial charge in [-0.3, -0.25) is 14.5 Å². The molecule has 0 radical (unpaired) electrons. The Labute approximate surface area is 234 Å². The van der Waals surface area contributed by atoms with Gasteiger partial charge in [0.05, 0.1) is 17.4 Å². The van der Waals surface area contributed by atoms with Crippen molar-refractivity contribution in [3.8, 4) is 0 Å². The first kappa shape index (κ1) is 26.6. The van der Waals surface area contributed by atoms with Gasteiger partial charge in [-0.2, -0.15) is 4.98 Å². The zero-order chi connectivity index (χ0) is 28.0. The molecule has 2 fully saturated rings. The Morgan fingerprint density at radius 1 is 1.05 bits per heavy atom. The van der Waals surface area contributed by atoms with E-state index in [-0.39, 0.29) is 28.2 Å². The predicted molar refractivity (Wildman–Crippen MR) is 154 cm³/mol. The van der Waals surface area contributed by atoms with Crippen molar-refractivity contribution in [2.75, 3.05) is 50.7 Å². The van der Waals surface area contributed by atoms with Gasteiger partial charge in [0.25, 0.3) is 5.56 Å². The van der Waals surface area contributed by atoms with Crippen molar-refractivity contribution in [1.29, 1.82) is 0 Å². The van der Waals surface area contributed by atoms with E-state index in [0.29, 0.717) is 22.3 Å². The minimum Gasteiger partial charge on any atom is -0.369 e. The van der Waals surface area contributed by atoms with Crippen LogP contribution in [0.5, 0.6) is 0 Å². The number of rotatable bonds is 5. The first-order valence-corrected chi connectivity index (χ1v) is 14.8. The van der Waals surface area contributed by atoms with Crippen molar-refractivity contribution < 1.29 is 9.00 Å².